The lowest BCUT2D eigenvalue weighted by Crippen LogP contribution is -2.51. The standard InChI is InChI=1S/C20H37NO4Si/c1-19(2,3)25-18(23)21-14-10-9-12-16(21)17(22)13-11-15-24-26(7,8)20(4,5)6/h16-17,22H,9-10,12,14-15H2,1-8H3/t16-,17+/m0/s1. The van der Waals surface area contributed by atoms with E-state index < -0.39 is 20.0 Å². The molecular weight excluding hydrogens is 346 g/mol. The minimum atomic E-state index is -1.84. The average Bonchev–Trinajstić information content (AvgIpc) is 2.48. The van der Waals surface area contributed by atoms with Crippen LogP contribution in [0.2, 0.25) is 18.1 Å². The van der Waals surface area contributed by atoms with Crippen LogP contribution in [0.3, 0.4) is 0 Å². The van der Waals surface area contributed by atoms with Gasteiger partial charge in [-0.3, -0.25) is 0 Å². The van der Waals surface area contributed by atoms with Gasteiger partial charge in [0.2, 0.25) is 0 Å². The van der Waals surface area contributed by atoms with E-state index in [4.69, 9.17) is 9.16 Å². The Balaban J connectivity index is 2.69. The molecule has 1 N–H and O–H groups in total. The van der Waals surface area contributed by atoms with Crippen molar-refractivity contribution in [1.82, 2.24) is 4.90 Å². The van der Waals surface area contributed by atoms with Crippen molar-refractivity contribution < 1.29 is 19.1 Å². The maximum absolute atomic E-state index is 12.4. The lowest BCUT2D eigenvalue weighted by atomic mass is 9.98. The Morgan fingerprint density at radius 1 is 1.23 bits per heavy atom. The van der Waals surface area contributed by atoms with Crippen molar-refractivity contribution in [3.63, 3.8) is 0 Å². The number of aliphatic hydroxyl groups excluding tert-OH is 1. The first-order chi connectivity index (χ1) is 11.7. The number of amides is 1. The van der Waals surface area contributed by atoms with Crippen molar-refractivity contribution >= 4 is 14.4 Å². The molecule has 1 rings (SSSR count). The van der Waals surface area contributed by atoms with Crippen molar-refractivity contribution in [3.05, 3.63) is 0 Å². The second-order valence-electron chi connectivity index (χ2n) is 9.55. The highest BCUT2D eigenvalue weighted by atomic mass is 28.4. The number of ether oxygens (including phenoxy) is 1. The van der Waals surface area contributed by atoms with Crippen LogP contribution in [0, 0.1) is 11.8 Å². The quantitative estimate of drug-likeness (QED) is 0.587. The molecule has 150 valence electrons. The zero-order valence-corrected chi connectivity index (χ0v) is 18.8. The third kappa shape index (κ3) is 6.94. The minimum absolute atomic E-state index is 0.129. The first kappa shape index (κ1) is 23.0. The maximum Gasteiger partial charge on any atom is 0.410 e. The van der Waals surface area contributed by atoms with Crippen LogP contribution in [0.25, 0.3) is 0 Å². The summed E-state index contributed by atoms with van der Waals surface area (Å²) in [6, 6.07) is -0.320. The molecule has 0 unspecified atom stereocenters. The van der Waals surface area contributed by atoms with Gasteiger partial charge in [-0.2, -0.15) is 0 Å². The third-order valence-electron chi connectivity index (χ3n) is 5.10. The van der Waals surface area contributed by atoms with Gasteiger partial charge in [-0.25, -0.2) is 4.79 Å². The van der Waals surface area contributed by atoms with E-state index in [1.807, 2.05) is 20.8 Å². The Labute approximate surface area is 160 Å². The van der Waals surface area contributed by atoms with Crippen molar-refractivity contribution in [1.29, 1.82) is 0 Å². The van der Waals surface area contributed by atoms with E-state index in [-0.39, 0.29) is 17.2 Å². The Kier molecular flexibility index (Phi) is 7.76. The number of carbonyl (C=O) groups excluding carboxylic acids is 1. The summed E-state index contributed by atoms with van der Waals surface area (Å²) in [6.07, 6.45) is 1.37. The van der Waals surface area contributed by atoms with Gasteiger partial charge in [-0.15, -0.1) is 0 Å². The lowest BCUT2D eigenvalue weighted by Gasteiger charge is -2.37. The summed E-state index contributed by atoms with van der Waals surface area (Å²) in [5.41, 5.74) is -0.549. The normalized spacial score (nSPS) is 20.2. The molecule has 1 aliphatic rings. The monoisotopic (exact) mass is 383 g/mol. The number of hydrogen-bond acceptors (Lipinski definition) is 4. The van der Waals surface area contributed by atoms with Crippen LogP contribution in [0.5, 0.6) is 0 Å². The summed E-state index contributed by atoms with van der Waals surface area (Å²) in [4.78, 5) is 14.1. The van der Waals surface area contributed by atoms with E-state index in [0.717, 1.165) is 19.3 Å². The number of aliphatic hydroxyl groups is 1. The van der Waals surface area contributed by atoms with E-state index in [1.165, 1.54) is 0 Å². The maximum atomic E-state index is 12.4. The van der Waals surface area contributed by atoms with Crippen LogP contribution < -0.4 is 0 Å². The number of piperidine rings is 1. The molecule has 1 fully saturated rings. The zero-order valence-electron chi connectivity index (χ0n) is 17.8. The SMILES string of the molecule is CC(C)(C)OC(=O)N1CCCC[C@H]1[C@H](O)C#CCO[Si](C)(C)C(C)(C)C. The van der Waals surface area contributed by atoms with Crippen molar-refractivity contribution in [2.45, 2.75) is 96.7 Å². The number of rotatable bonds is 3. The van der Waals surface area contributed by atoms with Gasteiger partial charge in [-0.05, 0) is 58.2 Å². The molecular formula is C20H37NO4Si. The van der Waals surface area contributed by atoms with Crippen molar-refractivity contribution in [2.24, 2.45) is 0 Å². The molecule has 26 heavy (non-hydrogen) atoms. The van der Waals surface area contributed by atoms with Gasteiger partial charge < -0.3 is 19.2 Å². The van der Waals surface area contributed by atoms with Gasteiger partial charge in [0.05, 0.1) is 12.6 Å². The van der Waals surface area contributed by atoms with E-state index in [0.29, 0.717) is 13.2 Å². The summed E-state index contributed by atoms with van der Waals surface area (Å²) >= 11 is 0. The predicted molar refractivity (Wildman–Crippen MR) is 108 cm³/mol. The summed E-state index contributed by atoms with van der Waals surface area (Å²) in [6.45, 7) is 17.3. The predicted octanol–water partition coefficient (Wildman–Crippen LogP) is 4.16. The van der Waals surface area contributed by atoms with Crippen molar-refractivity contribution in [3.8, 4) is 11.8 Å². The summed E-state index contributed by atoms with van der Waals surface area (Å²) in [5, 5.41) is 10.6. The number of nitrogens with zero attached hydrogens (tertiary/aromatic N) is 1. The number of likely N-dealkylation sites (tertiary alicyclic amines) is 1. The molecule has 0 aromatic carbocycles. The molecule has 0 aromatic rings. The Bertz CT molecular complexity index is 537. The molecule has 1 saturated heterocycles. The highest BCUT2D eigenvalue weighted by Crippen LogP contribution is 2.36. The van der Waals surface area contributed by atoms with Crippen LogP contribution in [-0.4, -0.2) is 55.3 Å². The van der Waals surface area contributed by atoms with Gasteiger partial charge in [0, 0.05) is 6.54 Å². The van der Waals surface area contributed by atoms with Crippen LogP contribution in [0.15, 0.2) is 0 Å². The van der Waals surface area contributed by atoms with Crippen LogP contribution in [0.1, 0.15) is 60.8 Å². The molecule has 6 heteroatoms. The van der Waals surface area contributed by atoms with Crippen LogP contribution in [0.4, 0.5) is 4.79 Å². The fraction of sp³-hybridized carbons (Fsp3) is 0.850. The van der Waals surface area contributed by atoms with E-state index >= 15 is 0 Å². The first-order valence-corrected chi connectivity index (χ1v) is 12.5. The van der Waals surface area contributed by atoms with E-state index in [2.05, 4.69) is 45.7 Å². The minimum Gasteiger partial charge on any atom is -0.444 e. The smallest absolute Gasteiger partial charge is 0.410 e. The Morgan fingerprint density at radius 2 is 1.85 bits per heavy atom. The fourth-order valence-corrected chi connectivity index (χ4v) is 3.37. The largest absolute Gasteiger partial charge is 0.444 e. The molecule has 1 heterocycles. The Hall–Kier alpha value is -1.03. The highest BCUT2D eigenvalue weighted by Gasteiger charge is 2.37. The van der Waals surface area contributed by atoms with Gasteiger partial charge in [0.15, 0.2) is 8.32 Å². The molecule has 2 atom stereocenters. The topological polar surface area (TPSA) is 59.0 Å². The zero-order chi connectivity index (χ0) is 20.2. The fourth-order valence-electron chi connectivity index (χ4n) is 2.51. The second-order valence-corrected chi connectivity index (χ2v) is 14.4. The molecule has 0 radical (unpaired) electrons. The van der Waals surface area contributed by atoms with E-state index in [9.17, 15) is 9.90 Å². The summed E-state index contributed by atoms with van der Waals surface area (Å²) in [7, 11) is -1.84. The van der Waals surface area contributed by atoms with Gasteiger partial charge in [-0.1, -0.05) is 32.6 Å². The molecule has 1 amide bonds. The molecule has 0 bridgehead atoms. The molecule has 0 spiro atoms. The third-order valence-corrected chi connectivity index (χ3v) is 9.58. The van der Waals surface area contributed by atoms with E-state index in [1.54, 1.807) is 4.90 Å². The van der Waals surface area contributed by atoms with Gasteiger partial charge >= 0.3 is 6.09 Å². The molecule has 0 saturated carbocycles. The number of carbonyl (C=O) groups is 1. The first-order valence-electron chi connectivity index (χ1n) is 9.55. The molecule has 1 aliphatic heterocycles. The highest BCUT2D eigenvalue weighted by molar-refractivity contribution is 6.74. The second kappa shape index (κ2) is 8.77. The molecule has 5 nitrogen and oxygen atoms in total. The molecule has 0 aliphatic carbocycles. The van der Waals surface area contributed by atoms with Crippen LogP contribution >= 0.6 is 0 Å². The van der Waals surface area contributed by atoms with Crippen LogP contribution in [-0.2, 0) is 9.16 Å². The van der Waals surface area contributed by atoms with Gasteiger partial charge in [0.1, 0.15) is 11.7 Å². The number of hydrogen-bond donors (Lipinski definition) is 1. The average molecular weight is 384 g/mol. The Morgan fingerprint density at radius 3 is 2.38 bits per heavy atom. The summed E-state index contributed by atoms with van der Waals surface area (Å²) in [5.74, 6) is 5.83. The summed E-state index contributed by atoms with van der Waals surface area (Å²) < 4.78 is 11.5. The van der Waals surface area contributed by atoms with Gasteiger partial charge in [0.25, 0.3) is 0 Å². The lowest BCUT2D eigenvalue weighted by molar-refractivity contribution is -0.00631. The molecule has 0 aromatic heterocycles. The van der Waals surface area contributed by atoms with Crippen molar-refractivity contribution in [2.75, 3.05) is 13.2 Å².